The monoisotopic (exact) mass is 495 g/mol. The first-order chi connectivity index (χ1) is 17.8. The van der Waals surface area contributed by atoms with Crippen LogP contribution in [0.4, 0.5) is 5.69 Å². The number of benzene rings is 2. The lowest BCUT2D eigenvalue weighted by atomic mass is 9.68. The molecule has 2 fully saturated rings. The molecule has 0 unspecified atom stereocenters. The highest BCUT2D eigenvalue weighted by molar-refractivity contribution is 6.33. The predicted molar refractivity (Wildman–Crippen MR) is 143 cm³/mol. The van der Waals surface area contributed by atoms with Crippen LogP contribution in [0.25, 0.3) is 5.57 Å². The van der Waals surface area contributed by atoms with Gasteiger partial charge >= 0.3 is 0 Å². The minimum Gasteiger partial charge on any atom is -0.381 e. The highest BCUT2D eigenvalue weighted by atomic mass is 16.5. The van der Waals surface area contributed by atoms with E-state index >= 15 is 0 Å². The number of Topliss-reactive ketones (excluding diaryl/α,β-unsaturated/α-hetero) is 2. The van der Waals surface area contributed by atoms with Gasteiger partial charge in [-0.1, -0.05) is 19.9 Å². The Balaban J connectivity index is 1.36. The largest absolute Gasteiger partial charge is 0.381 e. The molecule has 37 heavy (non-hydrogen) atoms. The first kappa shape index (κ1) is 24.1. The van der Waals surface area contributed by atoms with Gasteiger partial charge in [0.1, 0.15) is 0 Å². The van der Waals surface area contributed by atoms with E-state index in [0.29, 0.717) is 29.2 Å². The number of piperazine rings is 1. The van der Waals surface area contributed by atoms with Crippen molar-refractivity contribution in [1.29, 1.82) is 5.26 Å². The van der Waals surface area contributed by atoms with Crippen LogP contribution in [-0.2, 0) is 16.6 Å². The number of ketones is 2. The number of ether oxygens (including phenoxy) is 1. The highest BCUT2D eigenvalue weighted by Crippen LogP contribution is 2.51. The quantitative estimate of drug-likeness (QED) is 0.582. The summed E-state index contributed by atoms with van der Waals surface area (Å²) in [4.78, 5) is 31.7. The van der Waals surface area contributed by atoms with E-state index in [4.69, 9.17) is 4.74 Å². The lowest BCUT2D eigenvalue weighted by Crippen LogP contribution is -2.52. The second-order valence-corrected chi connectivity index (χ2v) is 11.3. The number of nitrogens with zero attached hydrogens (tertiary/aromatic N) is 3. The summed E-state index contributed by atoms with van der Waals surface area (Å²) in [5.74, 6) is -0.0216. The van der Waals surface area contributed by atoms with Gasteiger partial charge in [-0.25, -0.2) is 0 Å². The first-order valence-electron chi connectivity index (χ1n) is 13.4. The molecule has 2 aliphatic carbocycles. The second-order valence-electron chi connectivity index (χ2n) is 11.3. The molecule has 0 bridgehead atoms. The third-order valence-electron chi connectivity index (χ3n) is 8.95. The molecule has 0 N–H and O–H groups in total. The van der Waals surface area contributed by atoms with E-state index in [2.05, 4.69) is 35.8 Å². The fourth-order valence-electron chi connectivity index (χ4n) is 6.80. The molecule has 0 amide bonds. The summed E-state index contributed by atoms with van der Waals surface area (Å²) in [6.45, 7) is 11.3. The number of fused-ring (bicyclic) bond motifs is 3. The minimum absolute atomic E-state index is 0.00818. The highest BCUT2D eigenvalue weighted by Gasteiger charge is 2.44. The molecule has 0 aromatic heterocycles. The van der Waals surface area contributed by atoms with Gasteiger partial charge in [0, 0.05) is 73.2 Å². The number of carbonyl (C=O) groups is 2. The average Bonchev–Trinajstić information content (AvgIpc) is 3.32. The molecular formula is C31H33N3O3. The Morgan fingerprint density at radius 2 is 1.78 bits per heavy atom. The normalized spacial score (nSPS) is 21.4. The summed E-state index contributed by atoms with van der Waals surface area (Å²) in [5.41, 5.74) is 7.29. The van der Waals surface area contributed by atoms with Crippen molar-refractivity contribution in [2.75, 3.05) is 44.3 Å². The molecule has 2 saturated heterocycles. The summed E-state index contributed by atoms with van der Waals surface area (Å²) >= 11 is 0. The summed E-state index contributed by atoms with van der Waals surface area (Å²) in [7, 11) is 0. The number of carbonyl (C=O) groups excluding carboxylic acids is 2. The maximum Gasteiger partial charge on any atom is 0.193 e. The van der Waals surface area contributed by atoms with Crippen molar-refractivity contribution < 1.29 is 14.3 Å². The van der Waals surface area contributed by atoms with Gasteiger partial charge in [0.15, 0.2) is 11.6 Å². The van der Waals surface area contributed by atoms with Crippen LogP contribution in [0.2, 0.25) is 0 Å². The van der Waals surface area contributed by atoms with Crippen LogP contribution in [0.1, 0.15) is 76.6 Å². The number of hydrogen-bond acceptors (Lipinski definition) is 6. The van der Waals surface area contributed by atoms with Gasteiger partial charge in [-0.3, -0.25) is 14.5 Å². The topological polar surface area (TPSA) is 73.6 Å². The Hall–Kier alpha value is -3.27. The standard InChI is InChI=1S/C31H33N3O3/c1-19(35)24-16-25-26(17-28(24)34-10-8-33(9-11-34)22-6-12-37-13-7-22)31(2,3)27-15-21-14-20(18-32)4-5-23(21)29(27)30(25)36/h4-5,14,16-17,22H,6-13,15H2,1-3H3. The Morgan fingerprint density at radius 3 is 2.46 bits per heavy atom. The van der Waals surface area contributed by atoms with Crippen molar-refractivity contribution in [2.24, 2.45) is 0 Å². The summed E-state index contributed by atoms with van der Waals surface area (Å²) < 4.78 is 5.55. The fourth-order valence-corrected chi connectivity index (χ4v) is 6.80. The van der Waals surface area contributed by atoms with Crippen molar-refractivity contribution in [3.8, 4) is 6.07 Å². The zero-order valence-corrected chi connectivity index (χ0v) is 21.9. The molecule has 190 valence electrons. The number of rotatable bonds is 3. The molecule has 2 heterocycles. The zero-order chi connectivity index (χ0) is 25.9. The third kappa shape index (κ3) is 3.84. The summed E-state index contributed by atoms with van der Waals surface area (Å²) in [6, 6.07) is 12.4. The smallest absolute Gasteiger partial charge is 0.193 e. The Morgan fingerprint density at radius 1 is 1.05 bits per heavy atom. The lowest BCUT2D eigenvalue weighted by Gasteiger charge is -2.42. The van der Waals surface area contributed by atoms with Gasteiger partial charge in [-0.2, -0.15) is 5.26 Å². The van der Waals surface area contributed by atoms with Crippen molar-refractivity contribution in [3.05, 3.63) is 69.3 Å². The molecular weight excluding hydrogens is 462 g/mol. The predicted octanol–water partition coefficient (Wildman–Crippen LogP) is 4.55. The van der Waals surface area contributed by atoms with Crippen LogP contribution in [0.5, 0.6) is 0 Å². The van der Waals surface area contributed by atoms with E-state index in [-0.39, 0.29) is 17.0 Å². The van der Waals surface area contributed by atoms with E-state index in [0.717, 1.165) is 85.8 Å². The van der Waals surface area contributed by atoms with E-state index in [9.17, 15) is 14.9 Å². The van der Waals surface area contributed by atoms with Gasteiger partial charge in [0.2, 0.25) is 0 Å². The second kappa shape index (κ2) is 8.93. The molecule has 0 saturated carbocycles. The van der Waals surface area contributed by atoms with Crippen LogP contribution in [0, 0.1) is 11.3 Å². The molecule has 2 aromatic rings. The minimum atomic E-state index is -0.363. The fraction of sp³-hybridized carbons (Fsp3) is 0.452. The van der Waals surface area contributed by atoms with Gasteiger partial charge in [0.05, 0.1) is 11.6 Å². The molecule has 6 rings (SSSR count). The number of nitriles is 1. The zero-order valence-electron chi connectivity index (χ0n) is 21.9. The number of hydrogen-bond donors (Lipinski definition) is 0. The van der Waals surface area contributed by atoms with Crippen molar-refractivity contribution >= 4 is 22.8 Å². The molecule has 0 radical (unpaired) electrons. The van der Waals surface area contributed by atoms with Crippen molar-refractivity contribution in [2.45, 2.75) is 51.5 Å². The summed E-state index contributed by atoms with van der Waals surface area (Å²) in [6.07, 6.45) is 2.85. The van der Waals surface area contributed by atoms with Crippen molar-refractivity contribution in [1.82, 2.24) is 4.90 Å². The van der Waals surface area contributed by atoms with Crippen LogP contribution in [0.3, 0.4) is 0 Å². The van der Waals surface area contributed by atoms with E-state index in [1.54, 1.807) is 13.0 Å². The molecule has 2 aliphatic heterocycles. The Labute approximate surface area is 218 Å². The van der Waals surface area contributed by atoms with Crippen LogP contribution >= 0.6 is 0 Å². The number of anilines is 1. The van der Waals surface area contributed by atoms with Gasteiger partial charge < -0.3 is 9.64 Å². The third-order valence-corrected chi connectivity index (χ3v) is 8.95. The summed E-state index contributed by atoms with van der Waals surface area (Å²) in [5, 5.41) is 9.38. The van der Waals surface area contributed by atoms with Gasteiger partial charge in [-0.15, -0.1) is 0 Å². The average molecular weight is 496 g/mol. The van der Waals surface area contributed by atoms with Gasteiger partial charge in [-0.05, 0) is 72.7 Å². The number of allylic oxidation sites excluding steroid dienone is 2. The SMILES string of the molecule is CC(=O)c1cc2c(cc1N1CCN(C3CCOCC3)CC1)C(C)(C)C1=C(C2=O)c2ccc(C#N)cc2C1. The Bertz CT molecular complexity index is 1380. The van der Waals surface area contributed by atoms with Gasteiger partial charge in [0.25, 0.3) is 0 Å². The first-order valence-corrected chi connectivity index (χ1v) is 13.4. The molecule has 6 nitrogen and oxygen atoms in total. The maximum atomic E-state index is 13.9. The van der Waals surface area contributed by atoms with Crippen LogP contribution in [-0.4, -0.2) is 61.9 Å². The molecule has 0 spiro atoms. The Kier molecular flexibility index (Phi) is 5.82. The lowest BCUT2D eigenvalue weighted by molar-refractivity contribution is 0.0321. The van der Waals surface area contributed by atoms with Crippen LogP contribution in [0.15, 0.2) is 35.9 Å². The van der Waals surface area contributed by atoms with Crippen LogP contribution < -0.4 is 4.90 Å². The molecule has 6 heteroatoms. The van der Waals surface area contributed by atoms with Crippen molar-refractivity contribution in [3.63, 3.8) is 0 Å². The molecule has 0 atom stereocenters. The van der Waals surface area contributed by atoms with E-state index in [1.807, 2.05) is 18.2 Å². The molecule has 4 aliphatic rings. The maximum absolute atomic E-state index is 13.9. The van der Waals surface area contributed by atoms with E-state index < -0.39 is 0 Å². The van der Waals surface area contributed by atoms with E-state index in [1.165, 1.54) is 0 Å². The molecule has 2 aromatic carbocycles.